The number of carbonyl (C=O) groups is 1. The number of carbonyl (C=O) groups excluding carboxylic acids is 1. The SMILES string of the molecule is CCOC(=O)c1ncc2c(c1O)c(C#N)c(-c1ccc(F)cc1)n2-c1ccccc1. The molecule has 4 rings (SSSR count). The number of nitrogens with zero attached hydrogens (tertiary/aromatic N) is 3. The van der Waals surface area contributed by atoms with E-state index in [0.717, 1.165) is 0 Å². The van der Waals surface area contributed by atoms with Crippen molar-refractivity contribution in [2.75, 3.05) is 6.61 Å². The van der Waals surface area contributed by atoms with E-state index in [1.807, 2.05) is 30.3 Å². The van der Waals surface area contributed by atoms with E-state index < -0.39 is 17.5 Å². The predicted molar refractivity (Wildman–Crippen MR) is 109 cm³/mol. The van der Waals surface area contributed by atoms with Gasteiger partial charge in [0.1, 0.15) is 11.9 Å². The molecule has 0 bridgehead atoms. The molecule has 30 heavy (non-hydrogen) atoms. The van der Waals surface area contributed by atoms with Crippen molar-refractivity contribution in [2.45, 2.75) is 6.92 Å². The summed E-state index contributed by atoms with van der Waals surface area (Å²) in [7, 11) is 0. The van der Waals surface area contributed by atoms with Gasteiger partial charge >= 0.3 is 5.97 Å². The quantitative estimate of drug-likeness (QED) is 0.506. The number of aromatic nitrogens is 2. The summed E-state index contributed by atoms with van der Waals surface area (Å²) in [5.74, 6) is -1.62. The standard InChI is InChI=1S/C23H16FN3O3/c1-2-30-23(29)20-22(28)19-17(12-25)21(14-8-10-15(24)11-9-14)27(18(19)13-26-20)16-6-4-3-5-7-16/h3-11,13,28H,2H2,1H3. The van der Waals surface area contributed by atoms with Gasteiger partial charge in [-0.25, -0.2) is 14.2 Å². The summed E-state index contributed by atoms with van der Waals surface area (Å²) in [4.78, 5) is 16.3. The van der Waals surface area contributed by atoms with Crippen LogP contribution in [0.15, 0.2) is 60.8 Å². The highest BCUT2D eigenvalue weighted by molar-refractivity contribution is 6.04. The average Bonchev–Trinajstić information content (AvgIpc) is 3.10. The summed E-state index contributed by atoms with van der Waals surface area (Å²) in [5.41, 5.74) is 2.06. The molecule has 2 aromatic carbocycles. The van der Waals surface area contributed by atoms with Crippen LogP contribution in [0, 0.1) is 17.1 Å². The first-order valence-corrected chi connectivity index (χ1v) is 9.21. The Kier molecular flexibility index (Phi) is 4.90. The minimum atomic E-state index is -0.781. The maximum absolute atomic E-state index is 13.5. The molecule has 0 unspecified atom stereocenters. The average molecular weight is 401 g/mol. The van der Waals surface area contributed by atoms with Crippen molar-refractivity contribution in [3.63, 3.8) is 0 Å². The maximum atomic E-state index is 13.5. The second-order valence-corrected chi connectivity index (χ2v) is 6.45. The summed E-state index contributed by atoms with van der Waals surface area (Å²) in [6.07, 6.45) is 1.42. The molecule has 0 atom stereocenters. The highest BCUT2D eigenvalue weighted by Crippen LogP contribution is 2.40. The lowest BCUT2D eigenvalue weighted by Gasteiger charge is -2.11. The summed E-state index contributed by atoms with van der Waals surface area (Å²) in [6.45, 7) is 1.77. The fourth-order valence-electron chi connectivity index (χ4n) is 3.44. The van der Waals surface area contributed by atoms with Crippen LogP contribution in [0.1, 0.15) is 23.0 Å². The van der Waals surface area contributed by atoms with Gasteiger partial charge in [0, 0.05) is 11.3 Å². The zero-order chi connectivity index (χ0) is 21.3. The van der Waals surface area contributed by atoms with Crippen LogP contribution in [0.25, 0.3) is 27.8 Å². The van der Waals surface area contributed by atoms with Crippen LogP contribution in [0.4, 0.5) is 4.39 Å². The van der Waals surface area contributed by atoms with Gasteiger partial charge in [0.25, 0.3) is 0 Å². The lowest BCUT2D eigenvalue weighted by molar-refractivity contribution is 0.0516. The van der Waals surface area contributed by atoms with Crippen LogP contribution < -0.4 is 0 Å². The molecule has 4 aromatic rings. The lowest BCUT2D eigenvalue weighted by atomic mass is 10.1. The molecule has 0 spiro atoms. The van der Waals surface area contributed by atoms with Gasteiger partial charge in [-0.2, -0.15) is 5.26 Å². The number of hydrogen-bond acceptors (Lipinski definition) is 5. The molecule has 2 aromatic heterocycles. The molecule has 6 nitrogen and oxygen atoms in total. The molecule has 0 fully saturated rings. The normalized spacial score (nSPS) is 10.7. The van der Waals surface area contributed by atoms with E-state index in [4.69, 9.17) is 4.74 Å². The Hall–Kier alpha value is -4.18. The number of nitriles is 1. The fourth-order valence-corrected chi connectivity index (χ4v) is 3.44. The van der Waals surface area contributed by atoms with E-state index in [9.17, 15) is 19.6 Å². The van der Waals surface area contributed by atoms with E-state index in [1.165, 1.54) is 18.3 Å². The molecule has 0 aliphatic carbocycles. The number of para-hydroxylation sites is 1. The zero-order valence-corrected chi connectivity index (χ0v) is 16.0. The number of ether oxygens (including phenoxy) is 1. The van der Waals surface area contributed by atoms with Gasteiger partial charge in [0.2, 0.25) is 0 Å². The van der Waals surface area contributed by atoms with Crippen molar-refractivity contribution in [2.24, 2.45) is 0 Å². The fraction of sp³-hybridized carbons (Fsp3) is 0.0870. The molecule has 1 N–H and O–H groups in total. The van der Waals surface area contributed by atoms with E-state index in [-0.39, 0.29) is 23.3 Å². The molecule has 0 radical (unpaired) electrons. The summed E-state index contributed by atoms with van der Waals surface area (Å²) in [5, 5.41) is 21.0. The predicted octanol–water partition coefficient (Wildman–Crippen LogP) is 4.59. The molecule has 0 saturated heterocycles. The number of aromatic hydroxyl groups is 1. The Bertz CT molecular complexity index is 1290. The van der Waals surface area contributed by atoms with Gasteiger partial charge in [-0.1, -0.05) is 18.2 Å². The first-order valence-electron chi connectivity index (χ1n) is 9.21. The van der Waals surface area contributed by atoms with Gasteiger partial charge < -0.3 is 14.4 Å². The third-order valence-corrected chi connectivity index (χ3v) is 4.70. The topological polar surface area (TPSA) is 88.1 Å². The Balaban J connectivity index is 2.13. The van der Waals surface area contributed by atoms with E-state index in [0.29, 0.717) is 22.5 Å². The summed E-state index contributed by atoms with van der Waals surface area (Å²) >= 11 is 0. The van der Waals surface area contributed by atoms with Crippen LogP contribution in [0.5, 0.6) is 5.75 Å². The molecular weight excluding hydrogens is 385 g/mol. The largest absolute Gasteiger partial charge is 0.505 e. The van der Waals surface area contributed by atoms with Gasteiger partial charge in [0.15, 0.2) is 11.4 Å². The monoisotopic (exact) mass is 401 g/mol. The highest BCUT2D eigenvalue weighted by atomic mass is 19.1. The summed E-state index contributed by atoms with van der Waals surface area (Å²) in [6, 6.07) is 17.0. The van der Waals surface area contributed by atoms with Gasteiger partial charge in [-0.05, 0) is 43.3 Å². The van der Waals surface area contributed by atoms with E-state index in [1.54, 1.807) is 23.6 Å². The van der Waals surface area contributed by atoms with E-state index in [2.05, 4.69) is 11.1 Å². The van der Waals surface area contributed by atoms with Crippen LogP contribution in [-0.4, -0.2) is 27.2 Å². The van der Waals surface area contributed by atoms with Crippen LogP contribution in [-0.2, 0) is 4.74 Å². The second kappa shape index (κ2) is 7.68. The minimum Gasteiger partial charge on any atom is -0.505 e. The second-order valence-electron chi connectivity index (χ2n) is 6.45. The molecule has 0 amide bonds. The molecule has 0 aliphatic heterocycles. The number of rotatable bonds is 4. The van der Waals surface area contributed by atoms with Crippen molar-refractivity contribution in [3.8, 4) is 28.8 Å². The van der Waals surface area contributed by atoms with E-state index >= 15 is 0 Å². The molecular formula is C23H16FN3O3. The zero-order valence-electron chi connectivity index (χ0n) is 16.0. The molecule has 2 heterocycles. The van der Waals surface area contributed by atoms with Crippen molar-refractivity contribution >= 4 is 16.9 Å². The van der Waals surface area contributed by atoms with Crippen molar-refractivity contribution < 1.29 is 19.0 Å². The molecule has 0 saturated carbocycles. The first kappa shape index (κ1) is 19.2. The Labute approximate surface area is 171 Å². The Morgan fingerprint density at radius 1 is 1.20 bits per heavy atom. The number of benzene rings is 2. The molecule has 7 heteroatoms. The van der Waals surface area contributed by atoms with Crippen LogP contribution in [0.2, 0.25) is 0 Å². The lowest BCUT2D eigenvalue weighted by Crippen LogP contribution is -2.07. The smallest absolute Gasteiger partial charge is 0.360 e. The number of halogens is 1. The number of fused-ring (bicyclic) bond motifs is 1. The number of esters is 1. The number of hydrogen-bond donors (Lipinski definition) is 1. The Morgan fingerprint density at radius 3 is 2.53 bits per heavy atom. The Morgan fingerprint density at radius 2 is 1.90 bits per heavy atom. The summed E-state index contributed by atoms with van der Waals surface area (Å²) < 4.78 is 20.2. The molecule has 148 valence electrons. The van der Waals surface area contributed by atoms with Crippen molar-refractivity contribution in [1.82, 2.24) is 9.55 Å². The minimum absolute atomic E-state index is 0.120. The van der Waals surface area contributed by atoms with Crippen LogP contribution >= 0.6 is 0 Å². The highest BCUT2D eigenvalue weighted by Gasteiger charge is 2.26. The van der Waals surface area contributed by atoms with Gasteiger partial charge in [-0.15, -0.1) is 0 Å². The van der Waals surface area contributed by atoms with Crippen LogP contribution in [0.3, 0.4) is 0 Å². The molecule has 0 aliphatic rings. The van der Waals surface area contributed by atoms with Gasteiger partial charge in [0.05, 0.1) is 35.0 Å². The maximum Gasteiger partial charge on any atom is 0.360 e. The third-order valence-electron chi connectivity index (χ3n) is 4.70. The van der Waals surface area contributed by atoms with Crippen molar-refractivity contribution in [1.29, 1.82) is 5.26 Å². The van der Waals surface area contributed by atoms with Crippen molar-refractivity contribution in [3.05, 3.63) is 77.9 Å². The number of pyridine rings is 1. The van der Waals surface area contributed by atoms with Gasteiger partial charge in [-0.3, -0.25) is 0 Å². The third kappa shape index (κ3) is 3.05. The first-order chi connectivity index (χ1) is 14.6.